The van der Waals surface area contributed by atoms with Gasteiger partial charge in [-0.1, -0.05) is 0 Å². The molecule has 1 amide bonds. The van der Waals surface area contributed by atoms with Crippen molar-refractivity contribution < 1.29 is 9.53 Å². The molecule has 0 aliphatic rings. The van der Waals surface area contributed by atoms with Crippen molar-refractivity contribution in [2.45, 2.75) is 13.5 Å². The number of nitrogens with one attached hydrogen (secondary N) is 1. The van der Waals surface area contributed by atoms with Crippen LogP contribution in [0.15, 0.2) is 35.1 Å². The number of rotatable bonds is 4. The van der Waals surface area contributed by atoms with Crippen LogP contribution in [-0.4, -0.2) is 22.6 Å². The fourth-order valence-electron chi connectivity index (χ4n) is 1.76. The van der Waals surface area contributed by atoms with E-state index >= 15 is 0 Å². The number of ether oxygens (including phenoxy) is 1. The Labute approximate surface area is 119 Å². The standard InChI is InChI=1S/C13H14BrN3O2/c1-3-17-8-9(14)7-11(17)12(18)16-10-5-4-6-15-13(10)19-2/h4-8H,3H2,1-2H3,(H,16,18). The molecule has 0 aliphatic heterocycles. The van der Waals surface area contributed by atoms with E-state index < -0.39 is 0 Å². The highest BCUT2D eigenvalue weighted by Gasteiger charge is 2.14. The monoisotopic (exact) mass is 323 g/mol. The SMILES string of the molecule is CCn1cc(Br)cc1C(=O)Nc1cccnc1OC. The summed E-state index contributed by atoms with van der Waals surface area (Å²) in [6.45, 7) is 2.70. The summed E-state index contributed by atoms with van der Waals surface area (Å²) in [6, 6.07) is 5.27. The maximum Gasteiger partial charge on any atom is 0.272 e. The lowest BCUT2D eigenvalue weighted by Crippen LogP contribution is -2.17. The maximum absolute atomic E-state index is 12.2. The molecule has 0 saturated heterocycles. The number of hydrogen-bond acceptors (Lipinski definition) is 3. The number of nitrogens with zero attached hydrogens (tertiary/aromatic N) is 2. The van der Waals surface area contributed by atoms with Gasteiger partial charge in [-0.15, -0.1) is 0 Å². The summed E-state index contributed by atoms with van der Waals surface area (Å²) in [5.74, 6) is 0.198. The Bertz CT molecular complexity index is 595. The third kappa shape index (κ3) is 2.96. The average Bonchev–Trinajstić information content (AvgIpc) is 2.80. The summed E-state index contributed by atoms with van der Waals surface area (Å²) in [5.41, 5.74) is 1.13. The van der Waals surface area contributed by atoms with Crippen LogP contribution in [0.2, 0.25) is 0 Å². The molecule has 2 aromatic heterocycles. The number of methoxy groups -OCH3 is 1. The van der Waals surface area contributed by atoms with Gasteiger partial charge in [0, 0.05) is 23.4 Å². The fourth-order valence-corrected chi connectivity index (χ4v) is 2.23. The summed E-state index contributed by atoms with van der Waals surface area (Å²) in [7, 11) is 1.52. The van der Waals surface area contributed by atoms with Gasteiger partial charge in [0.2, 0.25) is 5.88 Å². The molecule has 0 fully saturated rings. The molecule has 0 aromatic carbocycles. The zero-order valence-corrected chi connectivity index (χ0v) is 12.3. The van der Waals surface area contributed by atoms with E-state index in [1.807, 2.05) is 17.7 Å². The topological polar surface area (TPSA) is 56.2 Å². The van der Waals surface area contributed by atoms with E-state index in [-0.39, 0.29) is 5.91 Å². The number of carbonyl (C=O) groups is 1. The van der Waals surface area contributed by atoms with Gasteiger partial charge < -0.3 is 14.6 Å². The Kier molecular flexibility index (Phi) is 4.21. The summed E-state index contributed by atoms with van der Waals surface area (Å²) >= 11 is 3.37. The van der Waals surface area contributed by atoms with Gasteiger partial charge in [0.05, 0.1) is 7.11 Å². The number of hydrogen-bond donors (Lipinski definition) is 1. The van der Waals surface area contributed by atoms with E-state index in [1.165, 1.54) is 7.11 Å². The van der Waals surface area contributed by atoms with Gasteiger partial charge in [0.25, 0.3) is 5.91 Å². The van der Waals surface area contributed by atoms with Crippen molar-refractivity contribution in [2.75, 3.05) is 12.4 Å². The highest BCUT2D eigenvalue weighted by atomic mass is 79.9. The molecule has 0 spiro atoms. The maximum atomic E-state index is 12.2. The number of amides is 1. The number of pyridine rings is 1. The second-order valence-corrected chi connectivity index (χ2v) is 4.76. The van der Waals surface area contributed by atoms with E-state index in [2.05, 4.69) is 26.2 Å². The molecule has 0 radical (unpaired) electrons. The number of carbonyl (C=O) groups excluding carboxylic acids is 1. The summed E-state index contributed by atoms with van der Waals surface area (Å²) < 4.78 is 7.84. The predicted octanol–water partition coefficient (Wildman–Crippen LogP) is 2.93. The van der Waals surface area contributed by atoms with E-state index in [9.17, 15) is 4.79 Å². The largest absolute Gasteiger partial charge is 0.480 e. The van der Waals surface area contributed by atoms with E-state index in [4.69, 9.17) is 4.74 Å². The molecule has 2 heterocycles. The molecular formula is C13H14BrN3O2. The van der Waals surface area contributed by atoms with Gasteiger partial charge in [-0.05, 0) is 41.1 Å². The molecule has 0 atom stereocenters. The van der Waals surface area contributed by atoms with E-state index in [0.717, 1.165) is 11.0 Å². The van der Waals surface area contributed by atoms with E-state index in [0.29, 0.717) is 17.3 Å². The van der Waals surface area contributed by atoms with E-state index in [1.54, 1.807) is 24.4 Å². The van der Waals surface area contributed by atoms with Crippen LogP contribution in [0.1, 0.15) is 17.4 Å². The second kappa shape index (κ2) is 5.88. The minimum absolute atomic E-state index is 0.196. The van der Waals surface area contributed by atoms with Gasteiger partial charge >= 0.3 is 0 Å². The van der Waals surface area contributed by atoms with Crippen molar-refractivity contribution in [3.05, 3.63) is 40.8 Å². The first-order chi connectivity index (χ1) is 9.15. The van der Waals surface area contributed by atoms with Crippen LogP contribution in [0.25, 0.3) is 0 Å². The second-order valence-electron chi connectivity index (χ2n) is 3.84. The Balaban J connectivity index is 2.25. The number of aryl methyl sites for hydroxylation is 1. The highest BCUT2D eigenvalue weighted by Crippen LogP contribution is 2.22. The molecule has 6 heteroatoms. The zero-order chi connectivity index (χ0) is 13.8. The van der Waals surface area contributed by atoms with Gasteiger partial charge in [-0.2, -0.15) is 0 Å². The van der Waals surface area contributed by atoms with Crippen LogP contribution in [0, 0.1) is 0 Å². The highest BCUT2D eigenvalue weighted by molar-refractivity contribution is 9.10. The Morgan fingerprint density at radius 1 is 1.58 bits per heavy atom. The third-order valence-corrected chi connectivity index (χ3v) is 3.08. The summed E-state index contributed by atoms with van der Waals surface area (Å²) in [5, 5.41) is 2.80. The molecular weight excluding hydrogens is 310 g/mol. The van der Waals surface area contributed by atoms with Crippen molar-refractivity contribution in [1.82, 2.24) is 9.55 Å². The van der Waals surface area contributed by atoms with Crippen molar-refractivity contribution >= 4 is 27.5 Å². The summed E-state index contributed by atoms with van der Waals surface area (Å²) in [6.07, 6.45) is 3.48. The van der Waals surface area contributed by atoms with Crippen molar-refractivity contribution in [3.8, 4) is 5.88 Å². The zero-order valence-electron chi connectivity index (χ0n) is 10.7. The number of anilines is 1. The molecule has 0 bridgehead atoms. The lowest BCUT2D eigenvalue weighted by molar-refractivity contribution is 0.101. The molecule has 1 N–H and O–H groups in total. The average molecular weight is 324 g/mol. The number of aromatic nitrogens is 2. The quantitative estimate of drug-likeness (QED) is 0.941. The third-order valence-electron chi connectivity index (χ3n) is 2.65. The molecule has 19 heavy (non-hydrogen) atoms. The first kappa shape index (κ1) is 13.6. The van der Waals surface area contributed by atoms with Crippen LogP contribution in [0.3, 0.4) is 0 Å². The van der Waals surface area contributed by atoms with Gasteiger partial charge in [-0.3, -0.25) is 4.79 Å². The smallest absolute Gasteiger partial charge is 0.272 e. The van der Waals surface area contributed by atoms with Crippen molar-refractivity contribution in [2.24, 2.45) is 0 Å². The lowest BCUT2D eigenvalue weighted by atomic mass is 10.3. The van der Waals surface area contributed by atoms with Crippen LogP contribution in [0.4, 0.5) is 5.69 Å². The molecule has 0 unspecified atom stereocenters. The molecule has 5 nitrogen and oxygen atoms in total. The molecule has 100 valence electrons. The van der Waals surface area contributed by atoms with Gasteiger partial charge in [-0.25, -0.2) is 4.98 Å². The normalized spacial score (nSPS) is 10.3. The first-order valence-electron chi connectivity index (χ1n) is 5.81. The first-order valence-corrected chi connectivity index (χ1v) is 6.61. The van der Waals surface area contributed by atoms with Crippen LogP contribution in [0.5, 0.6) is 5.88 Å². The predicted molar refractivity (Wildman–Crippen MR) is 76.5 cm³/mol. The lowest BCUT2D eigenvalue weighted by Gasteiger charge is -2.10. The Morgan fingerprint density at radius 2 is 2.37 bits per heavy atom. The number of halogens is 1. The molecule has 2 aromatic rings. The Hall–Kier alpha value is -1.82. The van der Waals surface area contributed by atoms with Crippen molar-refractivity contribution in [1.29, 1.82) is 0 Å². The molecule has 0 saturated carbocycles. The summed E-state index contributed by atoms with van der Waals surface area (Å²) in [4.78, 5) is 16.3. The molecule has 0 aliphatic carbocycles. The van der Waals surface area contributed by atoms with Crippen LogP contribution in [-0.2, 0) is 6.54 Å². The van der Waals surface area contributed by atoms with Gasteiger partial charge in [0.1, 0.15) is 11.4 Å². The van der Waals surface area contributed by atoms with Crippen molar-refractivity contribution in [3.63, 3.8) is 0 Å². The molecule has 2 rings (SSSR count). The minimum atomic E-state index is -0.196. The van der Waals surface area contributed by atoms with Gasteiger partial charge in [0.15, 0.2) is 0 Å². The van der Waals surface area contributed by atoms with Crippen LogP contribution < -0.4 is 10.1 Å². The minimum Gasteiger partial charge on any atom is -0.480 e. The Morgan fingerprint density at radius 3 is 3.05 bits per heavy atom. The fraction of sp³-hybridized carbons (Fsp3) is 0.231. The van der Waals surface area contributed by atoms with Crippen LogP contribution >= 0.6 is 15.9 Å².